The van der Waals surface area contributed by atoms with E-state index in [1.54, 1.807) is 41.3 Å². The molecule has 41 heavy (non-hydrogen) atoms. The Hall–Kier alpha value is -5.24. The number of fused-ring (bicyclic) bond motifs is 4. The summed E-state index contributed by atoms with van der Waals surface area (Å²) in [6, 6.07) is 28.4. The van der Waals surface area contributed by atoms with Gasteiger partial charge in [-0.05, 0) is 47.0 Å². The molecular formula is C33H25FN4O3. The Morgan fingerprint density at radius 1 is 0.878 bits per heavy atom. The molecule has 0 spiro atoms. The molecule has 0 bridgehead atoms. The molecule has 1 fully saturated rings. The maximum absolute atomic E-state index is 14.2. The van der Waals surface area contributed by atoms with Gasteiger partial charge >= 0.3 is 6.03 Å². The molecule has 5 aromatic rings. The number of amides is 4. The monoisotopic (exact) mass is 544 g/mol. The lowest BCUT2D eigenvalue weighted by molar-refractivity contribution is -0.120. The lowest BCUT2D eigenvalue weighted by Gasteiger charge is -2.36. The number of halogens is 1. The van der Waals surface area contributed by atoms with Crippen LogP contribution in [0.25, 0.3) is 10.9 Å². The summed E-state index contributed by atoms with van der Waals surface area (Å²) in [7, 11) is 0. The second-order valence-electron chi connectivity index (χ2n) is 10.3. The number of hydrogen-bond donors (Lipinski definition) is 2. The van der Waals surface area contributed by atoms with Crippen LogP contribution in [-0.2, 0) is 17.8 Å². The number of hydrogen-bond acceptors (Lipinski definition) is 3. The molecule has 2 aliphatic heterocycles. The van der Waals surface area contributed by atoms with Gasteiger partial charge in [-0.1, -0.05) is 72.8 Å². The Kier molecular flexibility index (Phi) is 5.89. The molecule has 0 radical (unpaired) electrons. The molecule has 2 atom stereocenters. The molecule has 7 rings (SSSR count). The molecule has 4 amide bonds. The zero-order chi connectivity index (χ0) is 28.1. The normalized spacial score (nSPS) is 18.0. The molecule has 2 N–H and O–H groups in total. The fourth-order valence-electron chi connectivity index (χ4n) is 6.02. The average molecular weight is 545 g/mol. The van der Waals surface area contributed by atoms with Crippen LogP contribution in [0.5, 0.6) is 0 Å². The van der Waals surface area contributed by atoms with Gasteiger partial charge in [-0.15, -0.1) is 0 Å². The van der Waals surface area contributed by atoms with Gasteiger partial charge in [0.2, 0.25) is 0 Å². The molecule has 0 aliphatic carbocycles. The van der Waals surface area contributed by atoms with Crippen LogP contribution in [0, 0.1) is 5.82 Å². The third kappa shape index (κ3) is 4.07. The van der Waals surface area contributed by atoms with Crippen molar-refractivity contribution < 1.29 is 18.8 Å². The van der Waals surface area contributed by atoms with E-state index in [1.807, 2.05) is 54.6 Å². The summed E-state index contributed by atoms with van der Waals surface area (Å²) >= 11 is 0. The van der Waals surface area contributed by atoms with Gasteiger partial charge in [0.05, 0.1) is 11.3 Å². The molecule has 1 unspecified atom stereocenters. The molecular weight excluding hydrogens is 519 g/mol. The predicted molar refractivity (Wildman–Crippen MR) is 153 cm³/mol. The Balaban J connectivity index is 1.26. The Morgan fingerprint density at radius 3 is 2.39 bits per heavy atom. The summed E-state index contributed by atoms with van der Waals surface area (Å²) in [4.78, 5) is 47.9. The molecule has 8 heteroatoms. The van der Waals surface area contributed by atoms with Gasteiger partial charge in [0.1, 0.15) is 17.9 Å². The summed E-state index contributed by atoms with van der Waals surface area (Å²) < 4.78 is 13.3. The highest BCUT2D eigenvalue weighted by atomic mass is 19.1. The number of carbonyl (C=O) groups is 3. The fourth-order valence-corrected chi connectivity index (χ4v) is 6.02. The molecule has 0 saturated carbocycles. The maximum Gasteiger partial charge on any atom is 0.332 e. The molecule has 7 nitrogen and oxygen atoms in total. The third-order valence-electron chi connectivity index (χ3n) is 7.92. The maximum atomic E-state index is 14.2. The quantitative estimate of drug-likeness (QED) is 0.278. The highest BCUT2D eigenvalue weighted by Gasteiger charge is 2.53. The number of aromatic amines is 1. The van der Waals surface area contributed by atoms with Crippen molar-refractivity contribution >= 4 is 34.4 Å². The van der Waals surface area contributed by atoms with Gasteiger partial charge in [0.25, 0.3) is 11.8 Å². The van der Waals surface area contributed by atoms with Crippen LogP contribution in [-0.4, -0.2) is 33.8 Å². The van der Waals surface area contributed by atoms with Crippen molar-refractivity contribution in [2.24, 2.45) is 0 Å². The minimum Gasteiger partial charge on any atom is -0.356 e. The summed E-state index contributed by atoms with van der Waals surface area (Å²) in [5.41, 5.74) is 4.91. The van der Waals surface area contributed by atoms with E-state index in [-0.39, 0.29) is 29.5 Å². The predicted octanol–water partition coefficient (Wildman–Crippen LogP) is 5.72. The van der Waals surface area contributed by atoms with Crippen molar-refractivity contribution in [2.45, 2.75) is 25.0 Å². The minimum atomic E-state index is -0.727. The smallest absolute Gasteiger partial charge is 0.332 e. The van der Waals surface area contributed by atoms with E-state index >= 15 is 0 Å². The van der Waals surface area contributed by atoms with E-state index in [0.29, 0.717) is 6.42 Å². The largest absolute Gasteiger partial charge is 0.356 e. The fraction of sp³-hybridized carbons (Fsp3) is 0.121. The molecule has 202 valence electrons. The first-order valence-electron chi connectivity index (χ1n) is 13.4. The van der Waals surface area contributed by atoms with Crippen molar-refractivity contribution in [3.05, 3.63) is 137 Å². The van der Waals surface area contributed by atoms with Crippen LogP contribution >= 0.6 is 0 Å². The van der Waals surface area contributed by atoms with Crippen LogP contribution in [0.15, 0.2) is 103 Å². The zero-order valence-corrected chi connectivity index (χ0v) is 21.9. The van der Waals surface area contributed by atoms with Crippen molar-refractivity contribution in [3.8, 4) is 0 Å². The number of carbonyl (C=O) groups excluding carboxylic acids is 3. The van der Waals surface area contributed by atoms with Crippen molar-refractivity contribution in [3.63, 3.8) is 0 Å². The van der Waals surface area contributed by atoms with Crippen LogP contribution in [0.4, 0.5) is 14.9 Å². The number of nitrogens with one attached hydrogen (secondary N) is 2. The summed E-state index contributed by atoms with van der Waals surface area (Å²) in [5, 5.41) is 3.86. The SMILES string of the molecule is O=C(NCc1ccc(F)cc1)c1ccccc1N1C(=O)[C@@H]2Cc3c([nH]c4ccccc34)C(c3ccccc3)N2C1=O. The van der Waals surface area contributed by atoms with Crippen LogP contribution in [0.2, 0.25) is 0 Å². The van der Waals surface area contributed by atoms with Gasteiger partial charge in [0.15, 0.2) is 0 Å². The number of anilines is 1. The van der Waals surface area contributed by atoms with Gasteiger partial charge < -0.3 is 10.3 Å². The second-order valence-corrected chi connectivity index (χ2v) is 10.3. The van der Waals surface area contributed by atoms with Gasteiger partial charge in [-0.2, -0.15) is 0 Å². The van der Waals surface area contributed by atoms with Gasteiger partial charge in [-0.3, -0.25) is 14.5 Å². The highest BCUT2D eigenvalue weighted by Crippen LogP contribution is 2.45. The number of imide groups is 1. The van der Waals surface area contributed by atoms with Crippen LogP contribution in [0.1, 0.15) is 38.8 Å². The number of para-hydroxylation sites is 2. The minimum absolute atomic E-state index is 0.169. The highest BCUT2D eigenvalue weighted by molar-refractivity contribution is 6.24. The number of rotatable bonds is 5. The van der Waals surface area contributed by atoms with E-state index < -0.39 is 24.0 Å². The van der Waals surface area contributed by atoms with Crippen LogP contribution in [0.3, 0.4) is 0 Å². The first kappa shape index (κ1) is 24.8. The van der Waals surface area contributed by atoms with Crippen LogP contribution < -0.4 is 10.2 Å². The number of urea groups is 1. The number of benzene rings is 4. The molecule has 1 saturated heterocycles. The number of aromatic nitrogens is 1. The van der Waals surface area contributed by atoms with Gasteiger partial charge in [0, 0.05) is 29.6 Å². The first-order valence-corrected chi connectivity index (χ1v) is 13.4. The molecule has 1 aromatic heterocycles. The first-order chi connectivity index (χ1) is 20.0. The third-order valence-corrected chi connectivity index (χ3v) is 7.92. The van der Waals surface area contributed by atoms with E-state index in [2.05, 4.69) is 10.3 Å². The summed E-state index contributed by atoms with van der Waals surface area (Å²) in [6.45, 7) is 0.169. The Labute approximate surface area is 235 Å². The summed E-state index contributed by atoms with van der Waals surface area (Å²) in [6.07, 6.45) is 0.364. The van der Waals surface area contributed by atoms with Crippen molar-refractivity contribution in [2.75, 3.05) is 4.90 Å². The average Bonchev–Trinajstić information content (AvgIpc) is 3.50. The lowest BCUT2D eigenvalue weighted by atomic mass is 9.89. The van der Waals surface area contributed by atoms with Crippen molar-refractivity contribution in [1.82, 2.24) is 15.2 Å². The molecule has 3 heterocycles. The van der Waals surface area contributed by atoms with E-state index in [1.165, 1.54) is 12.1 Å². The topological polar surface area (TPSA) is 85.5 Å². The standard InChI is InChI=1S/C33H25FN4O3/c34-22-16-14-20(15-17-22)19-35-31(39)24-11-5-7-13-27(24)38-32(40)28-18-25-23-10-4-6-12-26(23)36-29(25)30(37(28)33(38)41)21-8-2-1-3-9-21/h1-17,28,30,36H,18-19H2,(H,35,39)/t28-,30?/m0/s1. The van der Waals surface area contributed by atoms with E-state index in [4.69, 9.17) is 0 Å². The van der Waals surface area contributed by atoms with E-state index in [9.17, 15) is 18.8 Å². The number of H-pyrrole nitrogens is 1. The zero-order valence-electron chi connectivity index (χ0n) is 21.9. The summed E-state index contributed by atoms with van der Waals surface area (Å²) in [5.74, 6) is -1.17. The van der Waals surface area contributed by atoms with E-state index in [0.717, 1.165) is 38.2 Å². The Morgan fingerprint density at radius 2 is 1.59 bits per heavy atom. The number of nitrogens with zero attached hydrogens (tertiary/aromatic N) is 2. The lowest BCUT2D eigenvalue weighted by Crippen LogP contribution is -2.44. The van der Waals surface area contributed by atoms with Gasteiger partial charge in [-0.25, -0.2) is 14.1 Å². The molecule has 2 aliphatic rings. The Bertz CT molecular complexity index is 1820. The second kappa shape index (κ2) is 9.75. The molecule has 4 aromatic carbocycles. The van der Waals surface area contributed by atoms with Crippen molar-refractivity contribution in [1.29, 1.82) is 0 Å².